The highest BCUT2D eigenvalue weighted by atomic mass is 35.5. The summed E-state index contributed by atoms with van der Waals surface area (Å²) in [7, 11) is -3.69. The molecule has 0 saturated carbocycles. The van der Waals surface area contributed by atoms with Gasteiger partial charge in [0.25, 0.3) is 0 Å². The van der Waals surface area contributed by atoms with Crippen molar-refractivity contribution in [2.75, 3.05) is 32.8 Å². The van der Waals surface area contributed by atoms with Crippen molar-refractivity contribution in [3.63, 3.8) is 0 Å². The fourth-order valence-corrected chi connectivity index (χ4v) is 5.39. The average molecular weight is 417 g/mol. The summed E-state index contributed by atoms with van der Waals surface area (Å²) in [6, 6.07) is 3.09. The van der Waals surface area contributed by atoms with E-state index in [1.54, 1.807) is 6.07 Å². The normalized spacial score (nSPS) is 22.3. The average Bonchev–Trinajstić information content (AvgIpc) is 3.12. The van der Waals surface area contributed by atoms with E-state index in [2.05, 4.69) is 9.62 Å². The van der Waals surface area contributed by atoms with Crippen LogP contribution in [0.1, 0.15) is 38.2 Å². The number of hydrogen-bond donors (Lipinski definition) is 1. The minimum atomic E-state index is -3.69. The standard InChI is InChI=1S/C19H29ClN2O4S/c1-3-25-18-11-14(2)17(20)12-19(18)27(23,24)21-15-6-8-22(9-7-15)13-16-5-4-10-26-16/h11-12,15-16,21H,3-10,13H2,1-2H3. The second kappa shape index (κ2) is 9.09. The predicted molar refractivity (Wildman–Crippen MR) is 106 cm³/mol. The molecule has 6 nitrogen and oxygen atoms in total. The Morgan fingerprint density at radius 1 is 1.30 bits per heavy atom. The van der Waals surface area contributed by atoms with Gasteiger partial charge in [0.05, 0.1) is 12.7 Å². The van der Waals surface area contributed by atoms with E-state index in [1.807, 2.05) is 13.8 Å². The number of nitrogens with zero attached hydrogens (tertiary/aromatic N) is 1. The number of benzene rings is 1. The van der Waals surface area contributed by atoms with Gasteiger partial charge in [0.2, 0.25) is 10.0 Å². The van der Waals surface area contributed by atoms with Crippen LogP contribution in [0.5, 0.6) is 5.75 Å². The molecular weight excluding hydrogens is 388 g/mol. The summed E-state index contributed by atoms with van der Waals surface area (Å²) in [5, 5.41) is 0.421. The summed E-state index contributed by atoms with van der Waals surface area (Å²) in [4.78, 5) is 2.48. The minimum Gasteiger partial charge on any atom is -0.492 e. The second-order valence-electron chi connectivity index (χ2n) is 7.31. The maximum absolute atomic E-state index is 12.9. The van der Waals surface area contributed by atoms with E-state index < -0.39 is 10.0 Å². The topological polar surface area (TPSA) is 67.9 Å². The summed E-state index contributed by atoms with van der Waals surface area (Å²) in [6.45, 7) is 7.62. The molecule has 1 aromatic carbocycles. The van der Waals surface area contributed by atoms with Crippen LogP contribution in [0.4, 0.5) is 0 Å². The molecule has 0 aliphatic carbocycles. The smallest absolute Gasteiger partial charge is 0.244 e. The van der Waals surface area contributed by atoms with E-state index in [0.717, 1.165) is 57.5 Å². The molecule has 1 unspecified atom stereocenters. The molecule has 2 aliphatic heterocycles. The van der Waals surface area contributed by atoms with E-state index in [1.165, 1.54) is 6.07 Å². The van der Waals surface area contributed by atoms with Crippen LogP contribution in [-0.4, -0.2) is 58.3 Å². The van der Waals surface area contributed by atoms with Crippen LogP contribution in [0.25, 0.3) is 0 Å². The molecule has 0 bridgehead atoms. The first-order valence-corrected chi connectivity index (χ1v) is 11.5. The Morgan fingerprint density at radius 3 is 2.67 bits per heavy atom. The molecule has 3 rings (SSSR count). The number of ether oxygens (including phenoxy) is 2. The number of sulfonamides is 1. The molecule has 1 aromatic rings. The number of hydrogen-bond acceptors (Lipinski definition) is 5. The predicted octanol–water partition coefficient (Wildman–Crippen LogP) is 2.97. The van der Waals surface area contributed by atoms with Crippen molar-refractivity contribution in [2.45, 2.75) is 56.6 Å². The van der Waals surface area contributed by atoms with Crippen LogP contribution in [-0.2, 0) is 14.8 Å². The number of halogens is 1. The van der Waals surface area contributed by atoms with Crippen LogP contribution in [0, 0.1) is 6.92 Å². The number of likely N-dealkylation sites (tertiary alicyclic amines) is 1. The molecule has 2 heterocycles. The van der Waals surface area contributed by atoms with Crippen LogP contribution < -0.4 is 9.46 Å². The maximum Gasteiger partial charge on any atom is 0.244 e. The van der Waals surface area contributed by atoms with Gasteiger partial charge < -0.3 is 14.4 Å². The summed E-state index contributed by atoms with van der Waals surface area (Å²) in [6.07, 6.45) is 4.18. The third kappa shape index (κ3) is 5.35. The SMILES string of the molecule is CCOc1cc(C)c(Cl)cc1S(=O)(=O)NC1CCN(CC2CCCO2)CC1. The van der Waals surface area contributed by atoms with E-state index >= 15 is 0 Å². The molecule has 27 heavy (non-hydrogen) atoms. The zero-order chi connectivity index (χ0) is 19.4. The lowest BCUT2D eigenvalue weighted by molar-refractivity contribution is 0.0639. The Labute approximate surface area is 167 Å². The molecule has 2 fully saturated rings. The van der Waals surface area contributed by atoms with Crippen molar-refractivity contribution >= 4 is 21.6 Å². The monoisotopic (exact) mass is 416 g/mol. The first kappa shape index (κ1) is 20.9. The van der Waals surface area contributed by atoms with Crippen LogP contribution in [0.15, 0.2) is 17.0 Å². The highest BCUT2D eigenvalue weighted by Crippen LogP contribution is 2.31. The number of nitrogens with one attached hydrogen (secondary N) is 1. The van der Waals surface area contributed by atoms with Crippen molar-refractivity contribution in [2.24, 2.45) is 0 Å². The largest absolute Gasteiger partial charge is 0.492 e. The van der Waals surface area contributed by atoms with Gasteiger partial charge in [0, 0.05) is 24.2 Å². The quantitative estimate of drug-likeness (QED) is 0.740. The number of aryl methyl sites for hydroxylation is 1. The van der Waals surface area contributed by atoms with Crippen molar-refractivity contribution in [3.8, 4) is 5.75 Å². The Bertz CT molecular complexity index is 742. The van der Waals surface area contributed by atoms with Gasteiger partial charge in [-0.05, 0) is 70.3 Å². The van der Waals surface area contributed by atoms with Crippen LogP contribution >= 0.6 is 11.6 Å². The van der Waals surface area contributed by atoms with Gasteiger partial charge in [-0.3, -0.25) is 0 Å². The first-order chi connectivity index (χ1) is 12.9. The zero-order valence-electron chi connectivity index (χ0n) is 16.0. The van der Waals surface area contributed by atoms with E-state index in [4.69, 9.17) is 21.1 Å². The van der Waals surface area contributed by atoms with Gasteiger partial charge in [-0.2, -0.15) is 0 Å². The van der Waals surface area contributed by atoms with Crippen molar-refractivity contribution < 1.29 is 17.9 Å². The maximum atomic E-state index is 12.9. The fraction of sp³-hybridized carbons (Fsp3) is 0.684. The highest BCUT2D eigenvalue weighted by molar-refractivity contribution is 7.89. The van der Waals surface area contributed by atoms with E-state index in [9.17, 15) is 8.42 Å². The fourth-order valence-electron chi connectivity index (χ4n) is 3.71. The Morgan fingerprint density at radius 2 is 2.04 bits per heavy atom. The van der Waals surface area contributed by atoms with Gasteiger partial charge >= 0.3 is 0 Å². The van der Waals surface area contributed by atoms with Gasteiger partial charge in [0.15, 0.2) is 0 Å². The van der Waals surface area contributed by atoms with Crippen molar-refractivity contribution in [1.29, 1.82) is 0 Å². The van der Waals surface area contributed by atoms with Crippen LogP contribution in [0.2, 0.25) is 5.02 Å². The Hall–Kier alpha value is -0.860. The number of piperidine rings is 1. The van der Waals surface area contributed by atoms with Gasteiger partial charge in [-0.1, -0.05) is 11.6 Å². The molecular formula is C19H29ClN2O4S. The minimum absolute atomic E-state index is 0.0784. The van der Waals surface area contributed by atoms with Gasteiger partial charge in [0.1, 0.15) is 10.6 Å². The van der Waals surface area contributed by atoms with Crippen molar-refractivity contribution in [1.82, 2.24) is 9.62 Å². The third-order valence-electron chi connectivity index (χ3n) is 5.21. The molecule has 0 amide bonds. The summed E-state index contributed by atoms with van der Waals surface area (Å²) >= 11 is 6.17. The van der Waals surface area contributed by atoms with E-state index in [0.29, 0.717) is 23.5 Å². The van der Waals surface area contributed by atoms with Gasteiger partial charge in [-0.15, -0.1) is 0 Å². The number of rotatable bonds is 7. The highest BCUT2D eigenvalue weighted by Gasteiger charge is 2.29. The second-order valence-corrected chi connectivity index (χ2v) is 9.40. The first-order valence-electron chi connectivity index (χ1n) is 9.68. The molecule has 0 aromatic heterocycles. The molecule has 2 aliphatic rings. The van der Waals surface area contributed by atoms with Crippen molar-refractivity contribution in [3.05, 3.63) is 22.7 Å². The molecule has 0 radical (unpaired) electrons. The third-order valence-corrected chi connectivity index (χ3v) is 7.16. The molecule has 0 spiro atoms. The molecule has 2 saturated heterocycles. The molecule has 1 atom stereocenters. The lowest BCUT2D eigenvalue weighted by Crippen LogP contribution is -2.46. The Balaban J connectivity index is 1.62. The van der Waals surface area contributed by atoms with Crippen LogP contribution in [0.3, 0.4) is 0 Å². The molecule has 152 valence electrons. The summed E-state index contributed by atoms with van der Waals surface area (Å²) < 4.78 is 40.0. The molecule has 8 heteroatoms. The summed E-state index contributed by atoms with van der Waals surface area (Å²) in [5.41, 5.74) is 0.793. The van der Waals surface area contributed by atoms with Gasteiger partial charge in [-0.25, -0.2) is 13.1 Å². The lowest BCUT2D eigenvalue weighted by Gasteiger charge is -2.33. The molecule has 1 N–H and O–H groups in total. The lowest BCUT2D eigenvalue weighted by atomic mass is 10.1. The zero-order valence-corrected chi connectivity index (χ0v) is 17.6. The van der Waals surface area contributed by atoms with E-state index in [-0.39, 0.29) is 10.9 Å². The Kier molecular flexibility index (Phi) is 7.03. The summed E-state index contributed by atoms with van der Waals surface area (Å²) in [5.74, 6) is 0.350.